The highest BCUT2D eigenvalue weighted by molar-refractivity contribution is 9.10. The molecular weight excluding hydrogens is 524 g/mol. The van der Waals surface area contributed by atoms with Crippen LogP contribution in [0.15, 0.2) is 73.8 Å². The van der Waals surface area contributed by atoms with Crippen molar-refractivity contribution in [2.24, 2.45) is 5.10 Å². The second-order valence-electron chi connectivity index (χ2n) is 7.02. The standard InChI is InChI=1S/C24H16BrClN4O4/c1-33-19-10-16(12-28-30-23(31)17-8-4-5-9-18(17)29-24(30)32)20(25)21(26)22(19)34-13-15-7-3-2-6-14(15)11-27/h2-10,12H,13H2,1H3,(H,29,32). The molecule has 8 nitrogen and oxygen atoms in total. The van der Waals surface area contributed by atoms with Crippen LogP contribution in [0.1, 0.15) is 16.7 Å². The van der Waals surface area contributed by atoms with Gasteiger partial charge in [0.25, 0.3) is 5.56 Å². The summed E-state index contributed by atoms with van der Waals surface area (Å²) in [5.74, 6) is 0.575. The van der Waals surface area contributed by atoms with E-state index in [1.54, 1.807) is 48.5 Å². The molecule has 4 rings (SSSR count). The molecule has 0 aliphatic carbocycles. The summed E-state index contributed by atoms with van der Waals surface area (Å²) in [7, 11) is 1.45. The summed E-state index contributed by atoms with van der Waals surface area (Å²) in [5.41, 5.74) is 0.831. The first-order chi connectivity index (χ1) is 16.4. The van der Waals surface area contributed by atoms with Gasteiger partial charge in [0.1, 0.15) is 11.6 Å². The van der Waals surface area contributed by atoms with Gasteiger partial charge in [-0.3, -0.25) is 4.79 Å². The van der Waals surface area contributed by atoms with E-state index in [4.69, 9.17) is 21.1 Å². The Morgan fingerprint density at radius 3 is 2.71 bits per heavy atom. The largest absolute Gasteiger partial charge is 0.493 e. The minimum atomic E-state index is -0.676. The molecule has 1 N–H and O–H groups in total. The Morgan fingerprint density at radius 1 is 1.21 bits per heavy atom. The first kappa shape index (κ1) is 23.3. The number of nitriles is 1. The van der Waals surface area contributed by atoms with E-state index in [1.165, 1.54) is 13.3 Å². The van der Waals surface area contributed by atoms with Gasteiger partial charge < -0.3 is 14.5 Å². The van der Waals surface area contributed by atoms with E-state index in [0.717, 1.165) is 4.68 Å². The Hall–Kier alpha value is -3.87. The Kier molecular flexibility index (Phi) is 6.82. The molecule has 0 saturated carbocycles. The molecule has 170 valence electrons. The van der Waals surface area contributed by atoms with Crippen LogP contribution in [0.3, 0.4) is 0 Å². The lowest BCUT2D eigenvalue weighted by Gasteiger charge is -2.15. The lowest BCUT2D eigenvalue weighted by molar-refractivity contribution is 0.284. The number of fused-ring (bicyclic) bond motifs is 1. The highest BCUT2D eigenvalue weighted by Crippen LogP contribution is 2.42. The third kappa shape index (κ3) is 4.46. The number of methoxy groups -OCH3 is 1. The van der Waals surface area contributed by atoms with Crippen LogP contribution in [0.4, 0.5) is 0 Å². The van der Waals surface area contributed by atoms with Gasteiger partial charge in [0.15, 0.2) is 11.5 Å². The van der Waals surface area contributed by atoms with Crippen molar-refractivity contribution in [1.29, 1.82) is 5.26 Å². The van der Waals surface area contributed by atoms with E-state index in [9.17, 15) is 14.9 Å². The van der Waals surface area contributed by atoms with Crippen LogP contribution in [0.5, 0.6) is 11.5 Å². The molecule has 0 bridgehead atoms. The number of aromatic nitrogens is 2. The van der Waals surface area contributed by atoms with Crippen LogP contribution in [0.2, 0.25) is 5.02 Å². The Bertz CT molecular complexity index is 1590. The number of nitrogens with one attached hydrogen (secondary N) is 1. The second kappa shape index (κ2) is 9.95. The molecule has 0 spiro atoms. The quantitative estimate of drug-likeness (QED) is 0.364. The smallest absolute Gasteiger partial charge is 0.349 e. The van der Waals surface area contributed by atoms with E-state index in [1.807, 2.05) is 6.07 Å². The minimum Gasteiger partial charge on any atom is -0.493 e. The van der Waals surface area contributed by atoms with Crippen molar-refractivity contribution in [3.8, 4) is 17.6 Å². The number of aromatic amines is 1. The average Bonchev–Trinajstić information content (AvgIpc) is 2.85. The fourth-order valence-electron chi connectivity index (χ4n) is 3.27. The van der Waals surface area contributed by atoms with Gasteiger partial charge in [-0.25, -0.2) is 4.79 Å². The molecule has 0 fully saturated rings. The zero-order chi connectivity index (χ0) is 24.2. The van der Waals surface area contributed by atoms with Crippen molar-refractivity contribution in [2.45, 2.75) is 6.61 Å². The van der Waals surface area contributed by atoms with Gasteiger partial charge in [0, 0.05) is 15.6 Å². The second-order valence-corrected chi connectivity index (χ2v) is 8.19. The van der Waals surface area contributed by atoms with Gasteiger partial charge in [-0.05, 0) is 40.2 Å². The van der Waals surface area contributed by atoms with Crippen LogP contribution in [-0.4, -0.2) is 23.0 Å². The number of nitrogens with zero attached hydrogens (tertiary/aromatic N) is 3. The van der Waals surface area contributed by atoms with E-state index < -0.39 is 11.2 Å². The zero-order valence-electron chi connectivity index (χ0n) is 17.7. The van der Waals surface area contributed by atoms with Gasteiger partial charge in [-0.15, -0.1) is 4.68 Å². The number of para-hydroxylation sites is 1. The number of ether oxygens (including phenoxy) is 2. The van der Waals surface area contributed by atoms with Crippen LogP contribution < -0.4 is 20.7 Å². The molecule has 0 amide bonds. The molecule has 3 aromatic carbocycles. The minimum absolute atomic E-state index is 0.0988. The average molecular weight is 540 g/mol. The number of hydrogen-bond donors (Lipinski definition) is 1. The topological polar surface area (TPSA) is 109 Å². The molecule has 34 heavy (non-hydrogen) atoms. The maximum atomic E-state index is 12.7. The predicted molar refractivity (Wildman–Crippen MR) is 133 cm³/mol. The monoisotopic (exact) mass is 538 g/mol. The van der Waals surface area contributed by atoms with E-state index in [0.29, 0.717) is 37.8 Å². The highest BCUT2D eigenvalue weighted by atomic mass is 79.9. The molecule has 1 heterocycles. The van der Waals surface area contributed by atoms with Crippen molar-refractivity contribution in [2.75, 3.05) is 7.11 Å². The third-order valence-corrected chi connectivity index (χ3v) is 6.42. The Balaban J connectivity index is 1.70. The van der Waals surface area contributed by atoms with Gasteiger partial charge in [0.2, 0.25) is 0 Å². The fourth-order valence-corrected chi connectivity index (χ4v) is 3.92. The van der Waals surface area contributed by atoms with E-state index >= 15 is 0 Å². The summed E-state index contributed by atoms with van der Waals surface area (Å²) in [6.07, 6.45) is 1.32. The fraction of sp³-hybridized carbons (Fsp3) is 0.0833. The SMILES string of the molecule is COc1cc(C=Nn2c(=O)[nH]c3ccccc3c2=O)c(Br)c(Cl)c1OCc1ccccc1C#N. The summed E-state index contributed by atoms with van der Waals surface area (Å²) < 4.78 is 12.5. The van der Waals surface area contributed by atoms with Gasteiger partial charge in [-0.2, -0.15) is 10.4 Å². The summed E-state index contributed by atoms with van der Waals surface area (Å²) in [5, 5.41) is 13.9. The number of H-pyrrole nitrogens is 1. The molecular formula is C24H16BrClN4O4. The maximum absolute atomic E-state index is 12.7. The molecule has 0 atom stereocenters. The van der Waals surface area contributed by atoms with E-state index in [-0.39, 0.29) is 17.4 Å². The van der Waals surface area contributed by atoms with Gasteiger partial charge in [0.05, 0.1) is 35.9 Å². The number of benzene rings is 3. The van der Waals surface area contributed by atoms with Crippen molar-refractivity contribution in [3.05, 3.63) is 102 Å². The molecule has 4 aromatic rings. The lowest BCUT2D eigenvalue weighted by Crippen LogP contribution is -2.32. The molecule has 0 aliphatic rings. The van der Waals surface area contributed by atoms with Crippen LogP contribution in [-0.2, 0) is 6.61 Å². The maximum Gasteiger partial charge on any atom is 0.349 e. The number of rotatable bonds is 6. The van der Waals surface area contributed by atoms with E-state index in [2.05, 4.69) is 32.1 Å². The van der Waals surface area contributed by atoms with Crippen molar-refractivity contribution in [3.63, 3.8) is 0 Å². The van der Waals surface area contributed by atoms with Crippen molar-refractivity contribution in [1.82, 2.24) is 9.66 Å². The number of hydrogen-bond acceptors (Lipinski definition) is 6. The lowest BCUT2D eigenvalue weighted by atomic mass is 10.1. The Morgan fingerprint density at radius 2 is 1.94 bits per heavy atom. The normalized spacial score (nSPS) is 11.0. The van der Waals surface area contributed by atoms with Crippen LogP contribution in [0.25, 0.3) is 10.9 Å². The van der Waals surface area contributed by atoms with Crippen LogP contribution in [0, 0.1) is 11.3 Å². The van der Waals surface area contributed by atoms with Crippen molar-refractivity contribution < 1.29 is 9.47 Å². The molecule has 10 heteroatoms. The summed E-state index contributed by atoms with van der Waals surface area (Å²) in [6, 6.07) is 17.5. The van der Waals surface area contributed by atoms with Crippen LogP contribution >= 0.6 is 27.5 Å². The third-order valence-electron chi connectivity index (χ3n) is 4.98. The van der Waals surface area contributed by atoms with Gasteiger partial charge >= 0.3 is 5.69 Å². The first-order valence-electron chi connectivity index (χ1n) is 9.89. The summed E-state index contributed by atoms with van der Waals surface area (Å²) in [4.78, 5) is 27.7. The zero-order valence-corrected chi connectivity index (χ0v) is 20.1. The van der Waals surface area contributed by atoms with Gasteiger partial charge in [-0.1, -0.05) is 41.9 Å². The summed E-state index contributed by atoms with van der Waals surface area (Å²) in [6.45, 7) is 0.0988. The molecule has 0 aliphatic heterocycles. The predicted octanol–water partition coefficient (Wildman–Crippen LogP) is 4.45. The summed E-state index contributed by atoms with van der Waals surface area (Å²) >= 11 is 9.94. The first-order valence-corrected chi connectivity index (χ1v) is 11.1. The molecule has 0 radical (unpaired) electrons. The number of halogens is 2. The Labute approximate surface area is 206 Å². The highest BCUT2D eigenvalue weighted by Gasteiger charge is 2.18. The molecule has 1 aromatic heterocycles. The molecule has 0 saturated heterocycles. The molecule has 0 unspecified atom stereocenters. The van der Waals surface area contributed by atoms with Crippen molar-refractivity contribution >= 4 is 44.6 Å².